The van der Waals surface area contributed by atoms with Gasteiger partial charge in [-0.3, -0.25) is 4.79 Å². The van der Waals surface area contributed by atoms with Gasteiger partial charge >= 0.3 is 0 Å². The van der Waals surface area contributed by atoms with Crippen LogP contribution in [-0.4, -0.2) is 16.8 Å². The number of carbonyl (C=O) groups excluding carboxylic acids is 1. The van der Waals surface area contributed by atoms with Gasteiger partial charge in [0.25, 0.3) is 5.91 Å². The van der Waals surface area contributed by atoms with Gasteiger partial charge in [0.2, 0.25) is 0 Å². The summed E-state index contributed by atoms with van der Waals surface area (Å²) in [5.74, 6) is -0.0848. The number of nitriles is 1. The molecular formula is C15H17BrN2O. The monoisotopic (exact) mass is 320 g/mol. The summed E-state index contributed by atoms with van der Waals surface area (Å²) in [5.41, 5.74) is 0.951. The first-order chi connectivity index (χ1) is 9.19. The minimum Gasteiger partial charge on any atom is -0.346 e. The highest BCUT2D eigenvalue weighted by Crippen LogP contribution is 2.30. The Hall–Kier alpha value is -1.34. The lowest BCUT2D eigenvalue weighted by Gasteiger charge is -2.36. The standard InChI is InChI=1S/C15H17BrN2O/c16-11-15(7-2-1-3-8-15)18-14(19)13-6-4-5-12(9-13)10-17/h4-6,9H,1-3,7-8,11H2,(H,18,19). The predicted octanol–water partition coefficient (Wildman–Crippen LogP) is 3.39. The summed E-state index contributed by atoms with van der Waals surface area (Å²) in [6.07, 6.45) is 5.59. The van der Waals surface area contributed by atoms with Crippen molar-refractivity contribution in [2.24, 2.45) is 0 Å². The number of benzene rings is 1. The molecule has 1 aliphatic rings. The number of nitrogens with one attached hydrogen (secondary N) is 1. The Balaban J connectivity index is 2.13. The molecule has 19 heavy (non-hydrogen) atoms. The van der Waals surface area contributed by atoms with Crippen LogP contribution in [0.15, 0.2) is 24.3 Å². The Morgan fingerprint density at radius 3 is 2.74 bits per heavy atom. The van der Waals surface area contributed by atoms with Crippen molar-refractivity contribution in [3.8, 4) is 6.07 Å². The van der Waals surface area contributed by atoms with Crippen LogP contribution >= 0.6 is 15.9 Å². The second-order valence-corrected chi connectivity index (χ2v) is 5.68. The zero-order valence-electron chi connectivity index (χ0n) is 10.8. The van der Waals surface area contributed by atoms with Gasteiger partial charge in [0.1, 0.15) is 0 Å². The molecule has 0 unspecified atom stereocenters. The minimum absolute atomic E-state index is 0.0848. The summed E-state index contributed by atoms with van der Waals surface area (Å²) in [6, 6.07) is 8.90. The molecule has 2 rings (SSSR count). The van der Waals surface area contributed by atoms with Gasteiger partial charge in [0.05, 0.1) is 17.2 Å². The van der Waals surface area contributed by atoms with Crippen LogP contribution in [-0.2, 0) is 0 Å². The van der Waals surface area contributed by atoms with E-state index in [-0.39, 0.29) is 11.4 Å². The number of alkyl halides is 1. The maximum absolute atomic E-state index is 12.3. The van der Waals surface area contributed by atoms with Crippen LogP contribution in [0.4, 0.5) is 0 Å². The molecule has 0 heterocycles. The number of amides is 1. The number of halogens is 1. The average Bonchev–Trinajstić information content (AvgIpc) is 2.48. The highest BCUT2D eigenvalue weighted by Gasteiger charge is 2.32. The van der Waals surface area contributed by atoms with E-state index in [0.29, 0.717) is 11.1 Å². The Labute approximate surface area is 122 Å². The molecule has 1 aliphatic carbocycles. The molecule has 100 valence electrons. The molecule has 1 N–H and O–H groups in total. The number of hydrogen-bond acceptors (Lipinski definition) is 2. The van der Waals surface area contributed by atoms with Crippen molar-refractivity contribution in [2.45, 2.75) is 37.6 Å². The molecular weight excluding hydrogens is 304 g/mol. The first-order valence-corrected chi connectivity index (χ1v) is 7.70. The van der Waals surface area contributed by atoms with Crippen LogP contribution in [0.1, 0.15) is 48.0 Å². The van der Waals surface area contributed by atoms with Crippen molar-refractivity contribution < 1.29 is 4.79 Å². The van der Waals surface area contributed by atoms with Crippen molar-refractivity contribution in [1.29, 1.82) is 5.26 Å². The third kappa shape index (κ3) is 3.36. The summed E-state index contributed by atoms with van der Waals surface area (Å²) in [7, 11) is 0. The summed E-state index contributed by atoms with van der Waals surface area (Å²) in [5, 5.41) is 12.8. The largest absolute Gasteiger partial charge is 0.346 e. The lowest BCUT2D eigenvalue weighted by atomic mass is 9.83. The zero-order valence-corrected chi connectivity index (χ0v) is 12.4. The third-order valence-electron chi connectivity index (χ3n) is 3.70. The molecule has 1 fully saturated rings. The van der Waals surface area contributed by atoms with Gasteiger partial charge in [0.15, 0.2) is 0 Å². The van der Waals surface area contributed by atoms with Crippen molar-refractivity contribution in [3.63, 3.8) is 0 Å². The van der Waals surface area contributed by atoms with Crippen LogP contribution in [0.25, 0.3) is 0 Å². The summed E-state index contributed by atoms with van der Waals surface area (Å²) >= 11 is 3.53. The molecule has 1 aromatic carbocycles. The fourth-order valence-corrected chi connectivity index (χ4v) is 3.26. The highest BCUT2D eigenvalue weighted by atomic mass is 79.9. The molecule has 4 heteroatoms. The maximum atomic E-state index is 12.3. The van der Waals surface area contributed by atoms with Crippen LogP contribution in [0.5, 0.6) is 0 Å². The van der Waals surface area contributed by atoms with E-state index < -0.39 is 0 Å². The second kappa shape index (κ2) is 6.21. The molecule has 1 saturated carbocycles. The topological polar surface area (TPSA) is 52.9 Å². The number of carbonyl (C=O) groups is 1. The van der Waals surface area contributed by atoms with Gasteiger partial charge in [-0.1, -0.05) is 41.3 Å². The average molecular weight is 321 g/mol. The Kier molecular flexibility index (Phi) is 4.60. The van der Waals surface area contributed by atoms with E-state index in [4.69, 9.17) is 5.26 Å². The van der Waals surface area contributed by atoms with E-state index >= 15 is 0 Å². The Morgan fingerprint density at radius 1 is 1.37 bits per heavy atom. The predicted molar refractivity (Wildman–Crippen MR) is 78.2 cm³/mol. The number of hydrogen-bond donors (Lipinski definition) is 1. The van der Waals surface area contributed by atoms with Crippen molar-refractivity contribution >= 4 is 21.8 Å². The molecule has 0 radical (unpaired) electrons. The smallest absolute Gasteiger partial charge is 0.251 e. The summed E-state index contributed by atoms with van der Waals surface area (Å²) in [6.45, 7) is 0. The van der Waals surface area contributed by atoms with Crippen molar-refractivity contribution in [1.82, 2.24) is 5.32 Å². The molecule has 0 saturated heterocycles. The molecule has 0 aliphatic heterocycles. The minimum atomic E-state index is -0.127. The maximum Gasteiger partial charge on any atom is 0.251 e. The molecule has 0 bridgehead atoms. The summed E-state index contributed by atoms with van der Waals surface area (Å²) < 4.78 is 0. The van der Waals surface area contributed by atoms with E-state index in [1.165, 1.54) is 6.42 Å². The van der Waals surface area contributed by atoms with Gasteiger partial charge in [-0.25, -0.2) is 0 Å². The first kappa shape index (κ1) is 14.1. The zero-order chi connectivity index (χ0) is 13.7. The van der Waals surface area contributed by atoms with E-state index in [0.717, 1.165) is 31.0 Å². The normalized spacial score (nSPS) is 17.5. The molecule has 0 atom stereocenters. The van der Waals surface area contributed by atoms with Crippen LogP contribution in [0, 0.1) is 11.3 Å². The van der Waals surface area contributed by atoms with Gasteiger partial charge in [-0.15, -0.1) is 0 Å². The Morgan fingerprint density at radius 2 is 2.11 bits per heavy atom. The van der Waals surface area contributed by atoms with E-state index in [1.807, 2.05) is 0 Å². The highest BCUT2D eigenvalue weighted by molar-refractivity contribution is 9.09. The van der Waals surface area contributed by atoms with Gasteiger partial charge in [-0.2, -0.15) is 5.26 Å². The lowest BCUT2D eigenvalue weighted by Crippen LogP contribution is -2.51. The van der Waals surface area contributed by atoms with Gasteiger partial charge in [0, 0.05) is 10.9 Å². The van der Waals surface area contributed by atoms with E-state index in [1.54, 1.807) is 24.3 Å². The molecule has 1 amide bonds. The summed E-state index contributed by atoms with van der Waals surface area (Å²) in [4.78, 5) is 12.3. The number of nitrogens with zero attached hydrogens (tertiary/aromatic N) is 1. The van der Waals surface area contributed by atoms with E-state index in [9.17, 15) is 4.79 Å². The number of rotatable bonds is 3. The molecule has 3 nitrogen and oxygen atoms in total. The quantitative estimate of drug-likeness (QED) is 0.868. The molecule has 0 spiro atoms. The van der Waals surface area contributed by atoms with Crippen molar-refractivity contribution in [2.75, 3.05) is 5.33 Å². The Bertz CT molecular complexity index is 501. The lowest BCUT2D eigenvalue weighted by molar-refractivity contribution is 0.0886. The van der Waals surface area contributed by atoms with Crippen LogP contribution in [0.3, 0.4) is 0 Å². The molecule has 1 aromatic rings. The fraction of sp³-hybridized carbons (Fsp3) is 0.467. The van der Waals surface area contributed by atoms with Gasteiger partial charge in [-0.05, 0) is 31.0 Å². The molecule has 0 aromatic heterocycles. The van der Waals surface area contributed by atoms with Gasteiger partial charge < -0.3 is 5.32 Å². The third-order valence-corrected chi connectivity index (χ3v) is 4.77. The van der Waals surface area contributed by atoms with Crippen LogP contribution in [0.2, 0.25) is 0 Å². The van der Waals surface area contributed by atoms with E-state index in [2.05, 4.69) is 27.3 Å². The van der Waals surface area contributed by atoms with Crippen LogP contribution < -0.4 is 5.32 Å². The first-order valence-electron chi connectivity index (χ1n) is 6.58. The fourth-order valence-electron chi connectivity index (χ4n) is 2.56. The van der Waals surface area contributed by atoms with Crippen molar-refractivity contribution in [3.05, 3.63) is 35.4 Å². The second-order valence-electron chi connectivity index (χ2n) is 5.12. The SMILES string of the molecule is N#Cc1cccc(C(=O)NC2(CBr)CCCCC2)c1.